The Kier molecular flexibility index (Phi) is 14.7. The fourth-order valence-corrected chi connectivity index (χ4v) is 5.77. The van der Waals surface area contributed by atoms with Crippen LogP contribution in [-0.2, 0) is 23.2 Å². The lowest BCUT2D eigenvalue weighted by atomic mass is 10.0. The molecule has 0 aliphatic heterocycles. The number of fused-ring (bicyclic) bond motifs is 2. The highest BCUT2D eigenvalue weighted by molar-refractivity contribution is 7.79. The number of hydrogen-bond acceptors (Lipinski definition) is 12. The van der Waals surface area contributed by atoms with Gasteiger partial charge in [-0.15, -0.1) is 0 Å². The molecular weight excluding hydrogens is 733 g/mol. The van der Waals surface area contributed by atoms with Crippen molar-refractivity contribution in [2.75, 3.05) is 56.9 Å². The van der Waals surface area contributed by atoms with Crippen LogP contribution < -0.4 is 37.9 Å². The fourth-order valence-electron chi connectivity index (χ4n) is 5.77. The van der Waals surface area contributed by atoms with Crippen LogP contribution in [0.3, 0.4) is 0 Å². The second-order valence-electron chi connectivity index (χ2n) is 11.6. The van der Waals surface area contributed by atoms with Crippen molar-refractivity contribution < 1.29 is 55.4 Å². The lowest BCUT2D eigenvalue weighted by Crippen LogP contribution is -1.97. The molecule has 15 heteroatoms. The molecule has 6 aromatic rings. The monoisotopic (exact) mass is 776 g/mol. The topological polar surface area (TPSA) is 174 Å². The van der Waals surface area contributed by atoms with Crippen LogP contribution in [0, 0.1) is 0 Å². The minimum atomic E-state index is -4.67. The number of ether oxygens (including phenoxy) is 8. The highest BCUT2D eigenvalue weighted by Gasteiger charge is 2.14. The molecule has 14 nitrogen and oxygen atoms in total. The van der Waals surface area contributed by atoms with Crippen molar-refractivity contribution in [3.8, 4) is 46.0 Å². The molecule has 6 rings (SSSR count). The maximum Gasteiger partial charge on any atom is 0.394 e. The van der Waals surface area contributed by atoms with Crippen molar-refractivity contribution in [3.63, 3.8) is 0 Å². The predicted molar refractivity (Wildman–Crippen MR) is 209 cm³/mol. The van der Waals surface area contributed by atoms with Gasteiger partial charge in [0.25, 0.3) is 0 Å². The first-order valence-corrected chi connectivity index (χ1v) is 17.9. The molecule has 2 heterocycles. The Morgan fingerprint density at radius 2 is 0.727 bits per heavy atom. The summed E-state index contributed by atoms with van der Waals surface area (Å²) in [6, 6.07) is 23.6. The second kappa shape index (κ2) is 19.3. The van der Waals surface area contributed by atoms with Crippen LogP contribution >= 0.6 is 0 Å². The van der Waals surface area contributed by atoms with Crippen molar-refractivity contribution in [3.05, 3.63) is 108 Å². The summed E-state index contributed by atoms with van der Waals surface area (Å²) < 4.78 is 74.6. The van der Waals surface area contributed by atoms with Crippen LogP contribution in [0.15, 0.2) is 85.2 Å². The standard InChI is InChI=1S/2C20H21NO4.H2O4S/c2*1-22-17-6-5-13(10-18(17)23-2)9-16-15-12-20(25-4)19(24-3)11-14(15)7-8-21-16;1-5(2,3)4/h2*5-8,10-12H,9H2,1-4H3;(H2,1,2,3,4). The van der Waals surface area contributed by atoms with Crippen LogP contribution in [0.4, 0.5) is 0 Å². The van der Waals surface area contributed by atoms with Crippen LogP contribution in [0.2, 0.25) is 0 Å². The van der Waals surface area contributed by atoms with Crippen LogP contribution in [-0.4, -0.2) is 84.4 Å². The van der Waals surface area contributed by atoms with Crippen LogP contribution in [0.25, 0.3) is 21.5 Å². The summed E-state index contributed by atoms with van der Waals surface area (Å²) in [6.07, 6.45) is 4.97. The van der Waals surface area contributed by atoms with Gasteiger partial charge >= 0.3 is 10.4 Å². The molecule has 0 aliphatic rings. The minimum absolute atomic E-state index is 0.674. The minimum Gasteiger partial charge on any atom is -0.493 e. The van der Waals surface area contributed by atoms with Gasteiger partial charge in [0.2, 0.25) is 0 Å². The lowest BCUT2D eigenvalue weighted by Gasteiger charge is -2.12. The number of hydrogen-bond donors (Lipinski definition) is 2. The zero-order chi connectivity index (χ0) is 40.1. The first-order chi connectivity index (χ1) is 26.4. The predicted octanol–water partition coefficient (Wildman–Crippen LogP) is 7.07. The van der Waals surface area contributed by atoms with Crippen LogP contribution in [0.5, 0.6) is 46.0 Å². The molecule has 0 radical (unpaired) electrons. The largest absolute Gasteiger partial charge is 0.493 e. The van der Waals surface area contributed by atoms with Gasteiger partial charge in [-0.1, -0.05) is 12.1 Å². The van der Waals surface area contributed by atoms with Crippen molar-refractivity contribution in [2.45, 2.75) is 12.8 Å². The molecule has 2 aromatic heterocycles. The van der Waals surface area contributed by atoms with Gasteiger partial charge in [0.05, 0.1) is 68.3 Å². The molecule has 2 N–H and O–H groups in total. The highest BCUT2D eigenvalue weighted by Crippen LogP contribution is 2.36. The summed E-state index contributed by atoms with van der Waals surface area (Å²) in [5.74, 6) is 5.63. The Labute approximate surface area is 320 Å². The highest BCUT2D eigenvalue weighted by atomic mass is 32.3. The Bertz CT molecular complexity index is 2180. The summed E-state index contributed by atoms with van der Waals surface area (Å²) in [7, 11) is 8.39. The molecule has 0 spiro atoms. The zero-order valence-corrected chi connectivity index (χ0v) is 32.6. The summed E-state index contributed by atoms with van der Waals surface area (Å²) in [4.78, 5) is 9.13. The molecule has 0 bridgehead atoms. The van der Waals surface area contributed by atoms with Crippen molar-refractivity contribution in [1.29, 1.82) is 0 Å². The molecule has 0 fully saturated rings. The van der Waals surface area contributed by atoms with Crippen molar-refractivity contribution in [1.82, 2.24) is 9.97 Å². The first kappa shape index (κ1) is 41.7. The molecule has 292 valence electrons. The molecule has 0 saturated carbocycles. The molecule has 4 aromatic carbocycles. The molecule has 0 saturated heterocycles. The summed E-state index contributed by atoms with van der Waals surface area (Å²) in [6.45, 7) is 0. The maximum atomic E-state index is 8.74. The van der Waals surface area contributed by atoms with Gasteiger partial charge in [0.15, 0.2) is 46.0 Å². The van der Waals surface area contributed by atoms with E-state index in [1.54, 1.807) is 56.9 Å². The summed E-state index contributed by atoms with van der Waals surface area (Å²) >= 11 is 0. The molecule has 0 amide bonds. The van der Waals surface area contributed by atoms with Crippen molar-refractivity contribution >= 4 is 31.9 Å². The number of aromatic nitrogens is 2. The van der Waals surface area contributed by atoms with E-state index in [4.69, 9.17) is 55.4 Å². The van der Waals surface area contributed by atoms with E-state index in [9.17, 15) is 0 Å². The number of pyridine rings is 2. The van der Waals surface area contributed by atoms with Gasteiger partial charge in [-0.05, 0) is 82.6 Å². The van der Waals surface area contributed by atoms with E-state index in [0.717, 1.165) is 44.1 Å². The number of nitrogens with zero attached hydrogens (tertiary/aromatic N) is 2. The van der Waals surface area contributed by atoms with Crippen molar-refractivity contribution in [2.24, 2.45) is 0 Å². The Morgan fingerprint density at radius 3 is 1.04 bits per heavy atom. The van der Waals surface area contributed by atoms with E-state index in [1.165, 1.54) is 0 Å². The number of methoxy groups -OCH3 is 8. The number of rotatable bonds is 12. The summed E-state index contributed by atoms with van der Waals surface area (Å²) in [5.41, 5.74) is 4.11. The normalized spacial score (nSPS) is 10.7. The zero-order valence-electron chi connectivity index (χ0n) is 31.8. The molecule has 0 atom stereocenters. The third-order valence-electron chi connectivity index (χ3n) is 8.34. The number of benzene rings is 4. The van der Waals surface area contributed by atoms with Gasteiger partial charge in [-0.25, -0.2) is 0 Å². The van der Waals surface area contributed by atoms with E-state index in [1.807, 2.05) is 85.2 Å². The van der Waals surface area contributed by atoms with Gasteiger partial charge < -0.3 is 37.9 Å². The average molecular weight is 777 g/mol. The average Bonchev–Trinajstić information content (AvgIpc) is 3.19. The van der Waals surface area contributed by atoms with Gasteiger partial charge in [0.1, 0.15) is 0 Å². The third kappa shape index (κ3) is 11.0. The second-order valence-corrected chi connectivity index (χ2v) is 12.4. The van der Waals surface area contributed by atoms with Gasteiger partial charge in [-0.3, -0.25) is 19.1 Å². The lowest BCUT2D eigenvalue weighted by molar-refractivity contribution is 0.354. The maximum absolute atomic E-state index is 8.74. The van der Waals surface area contributed by atoms with Gasteiger partial charge in [-0.2, -0.15) is 8.42 Å². The molecule has 0 aliphatic carbocycles. The first-order valence-electron chi connectivity index (χ1n) is 16.5. The SMILES string of the molecule is COc1ccc(Cc2nccc3cc(OC)c(OC)cc23)cc1OC.COc1ccc(Cc2nccc3cc(OC)c(OC)cc23)cc1OC.O=S(=O)(O)O. The van der Waals surface area contributed by atoms with E-state index < -0.39 is 10.4 Å². The fraction of sp³-hybridized carbons (Fsp3) is 0.250. The molecule has 0 unspecified atom stereocenters. The van der Waals surface area contributed by atoms with Crippen LogP contribution in [0.1, 0.15) is 22.5 Å². The molecular formula is C40H44N2O12S. The Balaban J connectivity index is 0.000000218. The van der Waals surface area contributed by atoms with E-state index in [2.05, 4.69) is 9.97 Å². The van der Waals surface area contributed by atoms with E-state index in [-0.39, 0.29) is 0 Å². The quantitative estimate of drug-likeness (QED) is 0.121. The Morgan fingerprint density at radius 1 is 0.436 bits per heavy atom. The van der Waals surface area contributed by atoms with E-state index in [0.29, 0.717) is 58.8 Å². The van der Waals surface area contributed by atoms with E-state index >= 15 is 0 Å². The molecule has 55 heavy (non-hydrogen) atoms. The summed E-state index contributed by atoms with van der Waals surface area (Å²) in [5, 5.41) is 4.19. The smallest absolute Gasteiger partial charge is 0.394 e. The third-order valence-corrected chi connectivity index (χ3v) is 8.34. The Hall–Kier alpha value is -6.03. The van der Waals surface area contributed by atoms with Gasteiger partial charge in [0, 0.05) is 36.0 Å².